The lowest BCUT2D eigenvalue weighted by Crippen LogP contribution is -2.29. The van der Waals surface area contributed by atoms with E-state index in [0.717, 1.165) is 55.6 Å². The van der Waals surface area contributed by atoms with Crippen molar-refractivity contribution >= 4 is 55.4 Å². The average molecular weight is 480 g/mol. The Hall–Kier alpha value is -4.64. The Morgan fingerprint density at radius 3 is 1.65 bits per heavy atom. The molecule has 5 heteroatoms. The third-order valence-corrected chi connectivity index (χ3v) is 8.60. The molecule has 0 radical (unpaired) electrons. The molecule has 9 rings (SSSR count). The van der Waals surface area contributed by atoms with E-state index >= 15 is 0 Å². The van der Waals surface area contributed by atoms with E-state index in [1.807, 2.05) is 42.5 Å². The molecule has 3 aliphatic rings. The fraction of sp³-hybridized carbons (Fsp3) is 0.125. The summed E-state index contributed by atoms with van der Waals surface area (Å²) in [4.78, 5) is 29.8. The van der Waals surface area contributed by atoms with Crippen LogP contribution >= 0.6 is 0 Å². The van der Waals surface area contributed by atoms with Crippen LogP contribution in [-0.2, 0) is 6.54 Å². The second-order valence-corrected chi connectivity index (χ2v) is 10.4. The lowest BCUT2D eigenvalue weighted by atomic mass is 9.96. The van der Waals surface area contributed by atoms with Crippen molar-refractivity contribution in [2.45, 2.75) is 25.0 Å². The molecule has 4 heterocycles. The number of imide groups is 1. The van der Waals surface area contributed by atoms with E-state index < -0.39 is 0 Å². The zero-order valence-electron chi connectivity index (χ0n) is 19.9. The number of hydrogen-bond acceptors (Lipinski definition) is 2. The maximum Gasteiger partial charge on any atom is 0.262 e. The molecule has 6 aromatic rings. The van der Waals surface area contributed by atoms with Crippen molar-refractivity contribution in [3.63, 3.8) is 0 Å². The summed E-state index contributed by atoms with van der Waals surface area (Å²) in [6, 6.07) is 26.9. The first-order chi connectivity index (χ1) is 18.2. The molecule has 0 spiro atoms. The van der Waals surface area contributed by atoms with Gasteiger partial charge in [0.05, 0.1) is 40.8 Å². The molecule has 2 aromatic heterocycles. The van der Waals surface area contributed by atoms with Gasteiger partial charge in [-0.15, -0.1) is 0 Å². The molecule has 0 saturated carbocycles. The number of aromatic nitrogens is 2. The summed E-state index contributed by atoms with van der Waals surface area (Å²) in [5.74, 6) is -0.397. The van der Waals surface area contributed by atoms with E-state index in [1.54, 1.807) is 0 Å². The molecule has 1 aliphatic carbocycles. The van der Waals surface area contributed by atoms with Gasteiger partial charge in [-0.2, -0.15) is 0 Å². The summed E-state index contributed by atoms with van der Waals surface area (Å²) in [7, 11) is 0. The molecular formula is C32H21N3O2. The molecule has 5 nitrogen and oxygen atoms in total. The van der Waals surface area contributed by atoms with Crippen molar-refractivity contribution in [2.75, 3.05) is 0 Å². The average Bonchev–Trinajstić information content (AvgIpc) is 3.64. The lowest BCUT2D eigenvalue weighted by molar-refractivity contribution is 0.0643. The van der Waals surface area contributed by atoms with Gasteiger partial charge in [-0.25, -0.2) is 0 Å². The van der Waals surface area contributed by atoms with Gasteiger partial charge in [0.2, 0.25) is 0 Å². The smallest absolute Gasteiger partial charge is 0.262 e. The Labute approximate surface area is 211 Å². The van der Waals surface area contributed by atoms with Gasteiger partial charge in [-0.05, 0) is 24.1 Å². The number of allylic oxidation sites excluding steroid dienone is 2. The van der Waals surface area contributed by atoms with Crippen molar-refractivity contribution in [2.24, 2.45) is 0 Å². The van der Waals surface area contributed by atoms with Gasteiger partial charge in [0.15, 0.2) is 0 Å². The van der Waals surface area contributed by atoms with Crippen molar-refractivity contribution in [3.8, 4) is 0 Å². The Balaban J connectivity index is 1.51. The molecule has 37 heavy (non-hydrogen) atoms. The highest BCUT2D eigenvalue weighted by Gasteiger charge is 2.44. The largest absolute Gasteiger partial charge is 0.332 e. The van der Waals surface area contributed by atoms with Gasteiger partial charge in [0.25, 0.3) is 11.8 Å². The fourth-order valence-electron chi connectivity index (χ4n) is 7.18. The minimum Gasteiger partial charge on any atom is -0.332 e. The first-order valence-electron chi connectivity index (χ1n) is 12.8. The zero-order valence-corrected chi connectivity index (χ0v) is 19.9. The van der Waals surface area contributed by atoms with Gasteiger partial charge in [-0.3, -0.25) is 14.5 Å². The van der Waals surface area contributed by atoms with E-state index in [4.69, 9.17) is 0 Å². The van der Waals surface area contributed by atoms with Gasteiger partial charge >= 0.3 is 0 Å². The Kier molecular flexibility index (Phi) is 3.47. The molecule has 0 saturated heterocycles. The third kappa shape index (κ3) is 2.22. The normalized spacial score (nSPS) is 19.8. The van der Waals surface area contributed by atoms with E-state index in [2.05, 4.69) is 57.7 Å². The van der Waals surface area contributed by atoms with E-state index in [9.17, 15) is 9.59 Å². The van der Waals surface area contributed by atoms with E-state index in [-0.39, 0.29) is 30.4 Å². The number of fused-ring (bicyclic) bond motifs is 13. The SMILES string of the molecule is O=C1c2c(c3c4ccccc4n4c3c3c2c2ccccc2n3C2C=CC4C2)C(=O)N1Cc1ccccc1. The molecule has 2 bridgehead atoms. The fourth-order valence-corrected chi connectivity index (χ4v) is 7.18. The van der Waals surface area contributed by atoms with Crippen LogP contribution < -0.4 is 0 Å². The molecular weight excluding hydrogens is 458 g/mol. The quantitative estimate of drug-likeness (QED) is 0.204. The first-order valence-corrected chi connectivity index (χ1v) is 12.8. The molecule has 4 aromatic carbocycles. The third-order valence-electron chi connectivity index (χ3n) is 8.60. The summed E-state index contributed by atoms with van der Waals surface area (Å²) in [6.07, 6.45) is 5.58. The van der Waals surface area contributed by atoms with Crippen LogP contribution in [0.4, 0.5) is 0 Å². The predicted molar refractivity (Wildman–Crippen MR) is 145 cm³/mol. The molecule has 2 unspecified atom stereocenters. The van der Waals surface area contributed by atoms with Crippen LogP contribution in [0.2, 0.25) is 0 Å². The van der Waals surface area contributed by atoms with Crippen LogP contribution in [-0.4, -0.2) is 25.8 Å². The van der Waals surface area contributed by atoms with Crippen molar-refractivity contribution in [1.82, 2.24) is 14.0 Å². The highest BCUT2D eigenvalue weighted by Crippen LogP contribution is 2.52. The van der Waals surface area contributed by atoms with Gasteiger partial charge in [0.1, 0.15) is 0 Å². The summed E-state index contributed by atoms with van der Waals surface area (Å²) >= 11 is 0. The van der Waals surface area contributed by atoms with Crippen LogP contribution in [0.3, 0.4) is 0 Å². The number of hydrogen-bond donors (Lipinski definition) is 0. The number of benzene rings is 4. The summed E-state index contributed by atoms with van der Waals surface area (Å²) in [6.45, 7) is 0.264. The maximum atomic E-state index is 14.2. The van der Waals surface area contributed by atoms with Gasteiger partial charge < -0.3 is 9.13 Å². The molecule has 2 amide bonds. The van der Waals surface area contributed by atoms with Crippen LogP contribution in [0.25, 0.3) is 43.6 Å². The Morgan fingerprint density at radius 1 is 0.622 bits per heavy atom. The number of nitrogens with zero attached hydrogens (tertiary/aromatic N) is 3. The summed E-state index contributed by atoms with van der Waals surface area (Å²) in [5.41, 5.74) is 6.44. The van der Waals surface area contributed by atoms with E-state index in [0.29, 0.717) is 11.1 Å². The Morgan fingerprint density at radius 2 is 1.11 bits per heavy atom. The molecule has 0 fully saturated rings. The lowest BCUT2D eigenvalue weighted by Gasteiger charge is -2.14. The molecule has 176 valence electrons. The van der Waals surface area contributed by atoms with Crippen LogP contribution in [0.5, 0.6) is 0 Å². The van der Waals surface area contributed by atoms with E-state index in [1.165, 1.54) is 4.90 Å². The standard InChI is InChI=1S/C32H21N3O2/c36-31-27-25-21-10-4-6-12-23(21)34-19-14-15-20(16-19)35-24-13-7-5-11-22(24)26(30(35)29(25)34)28(27)32(37)33(31)17-18-8-2-1-3-9-18/h1-15,19-20H,16-17H2. The summed E-state index contributed by atoms with van der Waals surface area (Å²) < 4.78 is 4.84. The van der Waals surface area contributed by atoms with Crippen molar-refractivity contribution in [1.29, 1.82) is 0 Å². The van der Waals surface area contributed by atoms with Gasteiger partial charge in [0, 0.05) is 32.6 Å². The predicted octanol–water partition coefficient (Wildman–Crippen LogP) is 6.75. The molecule has 2 aliphatic heterocycles. The number of rotatable bonds is 2. The summed E-state index contributed by atoms with van der Waals surface area (Å²) in [5, 5.41) is 3.90. The minimum absolute atomic E-state index is 0.199. The monoisotopic (exact) mass is 479 g/mol. The number of amides is 2. The number of carbonyl (C=O) groups excluding carboxylic acids is 2. The molecule has 2 atom stereocenters. The highest BCUT2D eigenvalue weighted by atomic mass is 16.2. The van der Waals surface area contributed by atoms with Crippen molar-refractivity contribution < 1.29 is 9.59 Å². The van der Waals surface area contributed by atoms with Crippen LogP contribution in [0, 0.1) is 0 Å². The van der Waals surface area contributed by atoms with Crippen molar-refractivity contribution in [3.05, 3.63) is 108 Å². The molecule has 0 N–H and O–H groups in total. The topological polar surface area (TPSA) is 47.2 Å². The number of para-hydroxylation sites is 2. The van der Waals surface area contributed by atoms with Crippen LogP contribution in [0.15, 0.2) is 91.0 Å². The zero-order chi connectivity index (χ0) is 24.4. The van der Waals surface area contributed by atoms with Crippen LogP contribution in [0.1, 0.15) is 44.8 Å². The van der Waals surface area contributed by atoms with Gasteiger partial charge in [-0.1, -0.05) is 78.9 Å². The Bertz CT molecular complexity index is 1920. The number of carbonyl (C=O) groups is 2. The second kappa shape index (κ2) is 6.56. The minimum atomic E-state index is -0.199. The first kappa shape index (κ1) is 19.5. The second-order valence-electron chi connectivity index (χ2n) is 10.4. The highest BCUT2D eigenvalue weighted by molar-refractivity contribution is 6.39. The maximum absolute atomic E-state index is 14.2.